The molecular formula is C19H33N5O5P+. The largest absolute Gasteiger partial charge is 0.511 e. The van der Waals surface area contributed by atoms with E-state index in [0.29, 0.717) is 24.0 Å². The molecule has 10 nitrogen and oxygen atoms in total. The molecule has 0 bridgehead atoms. The van der Waals surface area contributed by atoms with E-state index in [1.165, 1.54) is 21.8 Å². The Morgan fingerprint density at radius 2 is 2.03 bits per heavy atom. The molecule has 5 atom stereocenters. The first-order valence-electron chi connectivity index (χ1n) is 10.2. The van der Waals surface area contributed by atoms with Crippen LogP contribution >= 0.6 is 8.03 Å². The maximum Gasteiger partial charge on any atom is 0.511 e. The van der Waals surface area contributed by atoms with E-state index in [1.807, 2.05) is 27.7 Å². The molecule has 30 heavy (non-hydrogen) atoms. The number of ether oxygens (including phenoxy) is 1. The van der Waals surface area contributed by atoms with Gasteiger partial charge in [0.2, 0.25) is 0 Å². The van der Waals surface area contributed by atoms with Gasteiger partial charge < -0.3 is 19.5 Å². The quantitative estimate of drug-likeness (QED) is 0.429. The molecule has 0 spiro atoms. The SMILES string of the molecule is CCC(C)[P+](=O)OC(C)(CC)CCOC([C@H](O)CO)n1cnc2c(=N)n(C)cnc21. The van der Waals surface area contributed by atoms with Gasteiger partial charge in [-0.3, -0.25) is 9.98 Å². The summed E-state index contributed by atoms with van der Waals surface area (Å²) in [5, 5.41) is 27.9. The lowest BCUT2D eigenvalue weighted by atomic mass is 10.0. The number of aliphatic hydroxyl groups is 2. The van der Waals surface area contributed by atoms with Crippen LogP contribution in [0.5, 0.6) is 0 Å². The monoisotopic (exact) mass is 442 g/mol. The smallest absolute Gasteiger partial charge is 0.394 e. The van der Waals surface area contributed by atoms with Crippen molar-refractivity contribution in [2.45, 2.75) is 70.5 Å². The molecular weight excluding hydrogens is 409 g/mol. The van der Waals surface area contributed by atoms with Gasteiger partial charge >= 0.3 is 8.03 Å². The Morgan fingerprint density at radius 1 is 1.33 bits per heavy atom. The van der Waals surface area contributed by atoms with Gasteiger partial charge in [0.05, 0.1) is 25.9 Å². The van der Waals surface area contributed by atoms with Crippen LogP contribution in [0, 0.1) is 5.41 Å². The maximum atomic E-state index is 12.4. The Morgan fingerprint density at radius 3 is 2.63 bits per heavy atom. The first-order valence-corrected chi connectivity index (χ1v) is 11.4. The molecule has 0 saturated heterocycles. The average Bonchev–Trinajstić information content (AvgIpc) is 3.17. The van der Waals surface area contributed by atoms with Crippen LogP contribution in [-0.4, -0.2) is 59.9 Å². The standard InChI is InChI=1S/C19H33N5O5P/c1-6-13(3)30(27)29-19(4,7-2)8-9-28-18(14(26)10-25)24-12-21-15-16(20)23(5)11-22-17(15)24/h11-14,18,20,25-26H,6-10H2,1-5H3/q+1/t13?,14-,18?,19?/m1/s1. The Labute approximate surface area is 177 Å². The molecule has 2 aromatic rings. The lowest BCUT2D eigenvalue weighted by Gasteiger charge is -2.27. The molecule has 0 saturated carbocycles. The fourth-order valence-corrected chi connectivity index (χ4v) is 3.94. The molecule has 4 unspecified atom stereocenters. The van der Waals surface area contributed by atoms with E-state index < -0.39 is 32.6 Å². The molecule has 0 fully saturated rings. The average molecular weight is 442 g/mol. The second-order valence-electron chi connectivity index (χ2n) is 7.73. The maximum absolute atomic E-state index is 12.4. The molecule has 0 radical (unpaired) electrons. The van der Waals surface area contributed by atoms with Gasteiger partial charge in [0.25, 0.3) is 0 Å². The van der Waals surface area contributed by atoms with Crippen LogP contribution < -0.4 is 5.49 Å². The van der Waals surface area contributed by atoms with E-state index in [4.69, 9.17) is 14.7 Å². The molecule has 11 heteroatoms. The topological polar surface area (TPSA) is 135 Å². The summed E-state index contributed by atoms with van der Waals surface area (Å²) in [6.07, 6.45) is 2.64. The van der Waals surface area contributed by atoms with Crippen molar-refractivity contribution in [2.75, 3.05) is 13.2 Å². The first-order chi connectivity index (χ1) is 14.2. The van der Waals surface area contributed by atoms with Gasteiger partial charge in [0.15, 0.2) is 23.0 Å². The molecule has 0 aliphatic heterocycles. The lowest BCUT2D eigenvalue weighted by molar-refractivity contribution is -0.105. The normalized spacial score (nSPS) is 17.5. The summed E-state index contributed by atoms with van der Waals surface area (Å²) in [6, 6.07) is 0. The minimum atomic E-state index is -1.79. The third-order valence-electron chi connectivity index (χ3n) is 5.42. The second-order valence-corrected chi connectivity index (χ2v) is 9.36. The Balaban J connectivity index is 2.17. The highest BCUT2D eigenvalue weighted by molar-refractivity contribution is 7.40. The summed E-state index contributed by atoms with van der Waals surface area (Å²) < 4.78 is 27.2. The Kier molecular flexibility index (Phi) is 8.63. The molecule has 2 aromatic heterocycles. The summed E-state index contributed by atoms with van der Waals surface area (Å²) in [5.74, 6) is 0. The predicted octanol–water partition coefficient (Wildman–Crippen LogP) is 2.23. The number of hydrogen-bond acceptors (Lipinski definition) is 8. The van der Waals surface area contributed by atoms with Crippen LogP contribution in [0.2, 0.25) is 0 Å². The molecule has 0 aromatic carbocycles. The summed E-state index contributed by atoms with van der Waals surface area (Å²) in [5.41, 5.74) is 0.260. The molecule has 0 aliphatic rings. The predicted molar refractivity (Wildman–Crippen MR) is 112 cm³/mol. The van der Waals surface area contributed by atoms with Gasteiger partial charge in [-0.15, -0.1) is 4.52 Å². The minimum absolute atomic E-state index is 0.0282. The number of imidazole rings is 1. The van der Waals surface area contributed by atoms with Gasteiger partial charge in [-0.25, -0.2) is 9.97 Å². The van der Waals surface area contributed by atoms with E-state index in [0.717, 1.165) is 6.42 Å². The van der Waals surface area contributed by atoms with Crippen LogP contribution in [0.1, 0.15) is 53.2 Å². The summed E-state index contributed by atoms with van der Waals surface area (Å²) >= 11 is 0. The van der Waals surface area contributed by atoms with Gasteiger partial charge in [0.1, 0.15) is 17.2 Å². The molecule has 168 valence electrons. The van der Waals surface area contributed by atoms with Crippen molar-refractivity contribution in [1.82, 2.24) is 19.1 Å². The molecule has 2 heterocycles. The Bertz CT molecular complexity index is 916. The van der Waals surface area contributed by atoms with Crippen molar-refractivity contribution in [1.29, 1.82) is 5.41 Å². The summed E-state index contributed by atoms with van der Waals surface area (Å²) in [4.78, 5) is 8.50. The van der Waals surface area contributed by atoms with E-state index in [1.54, 1.807) is 7.05 Å². The number of aryl methyl sites for hydroxylation is 1. The van der Waals surface area contributed by atoms with Crippen LogP contribution in [0.4, 0.5) is 0 Å². The van der Waals surface area contributed by atoms with Crippen LogP contribution in [0.25, 0.3) is 11.2 Å². The number of fused-ring (bicyclic) bond motifs is 1. The Hall–Kier alpha value is -1.71. The van der Waals surface area contributed by atoms with E-state index >= 15 is 0 Å². The van der Waals surface area contributed by atoms with Crippen molar-refractivity contribution in [2.24, 2.45) is 7.05 Å². The fraction of sp³-hybridized carbons (Fsp3) is 0.737. The number of rotatable bonds is 12. The fourth-order valence-electron chi connectivity index (χ4n) is 2.81. The van der Waals surface area contributed by atoms with Crippen molar-refractivity contribution in [3.63, 3.8) is 0 Å². The number of nitrogens with zero attached hydrogens (tertiary/aromatic N) is 4. The van der Waals surface area contributed by atoms with Gasteiger partial charge in [-0.05, 0) is 31.3 Å². The van der Waals surface area contributed by atoms with E-state index in [2.05, 4.69) is 9.97 Å². The molecule has 0 aliphatic carbocycles. The summed E-state index contributed by atoms with van der Waals surface area (Å²) in [7, 11) is -0.0984. The third-order valence-corrected chi connectivity index (χ3v) is 7.12. The second kappa shape index (κ2) is 10.5. The number of nitrogens with one attached hydrogen (secondary N) is 1. The zero-order chi connectivity index (χ0) is 22.5. The van der Waals surface area contributed by atoms with Gasteiger partial charge in [-0.1, -0.05) is 13.8 Å². The van der Waals surface area contributed by atoms with Crippen molar-refractivity contribution < 1.29 is 24.0 Å². The zero-order valence-electron chi connectivity index (χ0n) is 18.3. The van der Waals surface area contributed by atoms with E-state index in [9.17, 15) is 14.8 Å². The van der Waals surface area contributed by atoms with Crippen LogP contribution in [-0.2, 0) is 20.9 Å². The van der Waals surface area contributed by atoms with Crippen LogP contribution in [0.3, 0.4) is 0 Å². The van der Waals surface area contributed by atoms with Crippen LogP contribution in [0.15, 0.2) is 12.7 Å². The van der Waals surface area contributed by atoms with Crippen molar-refractivity contribution >= 4 is 19.2 Å². The zero-order valence-corrected chi connectivity index (χ0v) is 19.2. The highest BCUT2D eigenvalue weighted by Crippen LogP contribution is 2.39. The lowest BCUT2D eigenvalue weighted by Crippen LogP contribution is -2.33. The summed E-state index contributed by atoms with van der Waals surface area (Å²) in [6.45, 7) is 7.41. The highest BCUT2D eigenvalue weighted by Gasteiger charge is 2.38. The minimum Gasteiger partial charge on any atom is -0.394 e. The highest BCUT2D eigenvalue weighted by atomic mass is 31.1. The van der Waals surface area contributed by atoms with Crippen molar-refractivity contribution in [3.05, 3.63) is 18.1 Å². The number of aliphatic hydroxyl groups excluding tert-OH is 2. The number of aromatic nitrogens is 4. The molecule has 2 rings (SSSR count). The van der Waals surface area contributed by atoms with Gasteiger partial charge in [-0.2, -0.15) is 0 Å². The van der Waals surface area contributed by atoms with Gasteiger partial charge in [0, 0.05) is 13.5 Å². The molecule has 3 N–H and O–H groups in total. The third kappa shape index (κ3) is 5.50. The first kappa shape index (κ1) is 24.6. The number of hydrogen-bond donors (Lipinski definition) is 3. The van der Waals surface area contributed by atoms with E-state index in [-0.39, 0.29) is 17.8 Å². The molecule has 0 amide bonds. The van der Waals surface area contributed by atoms with Crippen molar-refractivity contribution in [3.8, 4) is 0 Å².